The maximum Gasteiger partial charge on any atom is 0.311 e. The summed E-state index contributed by atoms with van der Waals surface area (Å²) >= 11 is 1.67. The predicted molar refractivity (Wildman–Crippen MR) is 196 cm³/mol. The van der Waals surface area contributed by atoms with Crippen LogP contribution >= 0.6 is 11.3 Å². The second-order valence-electron chi connectivity index (χ2n) is 13.6. The van der Waals surface area contributed by atoms with Crippen LogP contribution in [0.4, 0.5) is 0 Å². The monoisotopic (exact) mass is 673 g/mol. The minimum Gasteiger partial charge on any atom is -0.486 e. The lowest BCUT2D eigenvalue weighted by Gasteiger charge is -2.28. The van der Waals surface area contributed by atoms with Crippen molar-refractivity contribution in [1.29, 1.82) is 0 Å². The number of benzene rings is 3. The smallest absolute Gasteiger partial charge is 0.311 e. The maximum atomic E-state index is 13.2. The number of para-hydroxylation sites is 1. The SMILES string of the molecule is CCOC(=O)C(C)(C)Cc1c(CC2CCC2)c2cc(OCc3nc4ccccc4s3)ccc2n1Cc1ccc(-c2ccc(OC)nc2)cc1. The zero-order valence-electron chi connectivity index (χ0n) is 28.7. The number of rotatable bonds is 13. The second-order valence-corrected chi connectivity index (χ2v) is 14.7. The summed E-state index contributed by atoms with van der Waals surface area (Å²) in [6.45, 7) is 7.35. The fourth-order valence-electron chi connectivity index (χ4n) is 6.74. The largest absolute Gasteiger partial charge is 0.486 e. The molecule has 1 aliphatic rings. The van der Waals surface area contributed by atoms with Gasteiger partial charge in [0.25, 0.3) is 0 Å². The molecule has 0 spiro atoms. The number of carbonyl (C=O) groups is 1. The Balaban J connectivity index is 1.26. The highest BCUT2D eigenvalue weighted by molar-refractivity contribution is 7.18. The zero-order chi connectivity index (χ0) is 34.0. The quantitative estimate of drug-likeness (QED) is 0.114. The van der Waals surface area contributed by atoms with Gasteiger partial charge in [0, 0.05) is 47.4 Å². The number of esters is 1. The van der Waals surface area contributed by atoms with Gasteiger partial charge in [-0.05, 0) is 86.2 Å². The van der Waals surface area contributed by atoms with Crippen molar-refractivity contribution < 1.29 is 19.0 Å². The number of fused-ring (bicyclic) bond motifs is 2. The van der Waals surface area contributed by atoms with E-state index in [-0.39, 0.29) is 5.97 Å². The van der Waals surface area contributed by atoms with Gasteiger partial charge in [0.05, 0.1) is 29.3 Å². The van der Waals surface area contributed by atoms with Crippen LogP contribution in [-0.2, 0) is 35.5 Å². The van der Waals surface area contributed by atoms with E-state index < -0.39 is 5.41 Å². The summed E-state index contributed by atoms with van der Waals surface area (Å²) in [4.78, 5) is 22.4. The van der Waals surface area contributed by atoms with Crippen molar-refractivity contribution in [1.82, 2.24) is 14.5 Å². The highest BCUT2D eigenvalue weighted by atomic mass is 32.1. The Kier molecular flexibility index (Phi) is 9.41. The summed E-state index contributed by atoms with van der Waals surface area (Å²) in [6.07, 6.45) is 7.17. The lowest BCUT2D eigenvalue weighted by Crippen LogP contribution is -2.30. The van der Waals surface area contributed by atoms with Gasteiger partial charge in [-0.1, -0.05) is 55.7 Å². The van der Waals surface area contributed by atoms with Gasteiger partial charge in [0.2, 0.25) is 5.88 Å². The number of carbonyl (C=O) groups excluding carboxylic acids is 1. The lowest BCUT2D eigenvalue weighted by molar-refractivity contribution is -0.153. The van der Waals surface area contributed by atoms with Crippen molar-refractivity contribution in [3.8, 4) is 22.8 Å². The molecule has 0 atom stereocenters. The van der Waals surface area contributed by atoms with Crippen molar-refractivity contribution in [3.63, 3.8) is 0 Å². The summed E-state index contributed by atoms with van der Waals surface area (Å²) in [6, 6.07) is 27.2. The normalized spacial score (nSPS) is 13.5. The predicted octanol–water partition coefficient (Wildman–Crippen LogP) is 9.42. The first-order valence-electron chi connectivity index (χ1n) is 17.2. The van der Waals surface area contributed by atoms with Gasteiger partial charge >= 0.3 is 5.97 Å². The molecule has 1 saturated carbocycles. The van der Waals surface area contributed by atoms with Crippen LogP contribution in [0.15, 0.2) is 85.1 Å². The molecule has 0 amide bonds. The molecule has 8 heteroatoms. The maximum absolute atomic E-state index is 13.2. The van der Waals surface area contributed by atoms with Crippen molar-refractivity contribution in [2.75, 3.05) is 13.7 Å². The molecule has 7 rings (SSSR count). The Morgan fingerprint density at radius 1 is 1.00 bits per heavy atom. The van der Waals surface area contributed by atoms with E-state index in [1.54, 1.807) is 18.4 Å². The molecule has 3 heterocycles. The third-order valence-corrected chi connectivity index (χ3v) is 10.7. The van der Waals surface area contributed by atoms with E-state index in [1.165, 1.54) is 46.2 Å². The molecule has 252 valence electrons. The minimum atomic E-state index is -0.687. The van der Waals surface area contributed by atoms with Crippen LogP contribution in [0.2, 0.25) is 0 Å². The summed E-state index contributed by atoms with van der Waals surface area (Å²) < 4.78 is 20.8. The summed E-state index contributed by atoms with van der Waals surface area (Å²) in [5.41, 5.74) is 7.31. The Bertz CT molecular complexity index is 2040. The fraction of sp³-hybridized carbons (Fsp3) is 0.341. The van der Waals surface area contributed by atoms with E-state index in [1.807, 2.05) is 57.3 Å². The molecule has 0 bridgehead atoms. The first-order valence-corrected chi connectivity index (χ1v) is 18.0. The number of hydrogen-bond donors (Lipinski definition) is 0. The highest BCUT2D eigenvalue weighted by Crippen LogP contribution is 2.40. The van der Waals surface area contributed by atoms with Gasteiger partial charge in [-0.2, -0.15) is 0 Å². The average molecular weight is 674 g/mol. The number of nitrogens with zero attached hydrogens (tertiary/aromatic N) is 3. The van der Waals surface area contributed by atoms with E-state index >= 15 is 0 Å². The van der Waals surface area contributed by atoms with E-state index in [0.717, 1.165) is 39.3 Å². The van der Waals surface area contributed by atoms with Gasteiger partial charge in [-0.25, -0.2) is 9.97 Å². The van der Waals surface area contributed by atoms with Crippen LogP contribution in [0.25, 0.3) is 32.2 Å². The van der Waals surface area contributed by atoms with Crippen LogP contribution in [-0.4, -0.2) is 34.2 Å². The molecule has 7 nitrogen and oxygen atoms in total. The van der Waals surface area contributed by atoms with Crippen molar-refractivity contribution in [3.05, 3.63) is 107 Å². The van der Waals surface area contributed by atoms with E-state index in [2.05, 4.69) is 58.1 Å². The summed E-state index contributed by atoms with van der Waals surface area (Å²) in [5, 5.41) is 2.16. The van der Waals surface area contributed by atoms with Crippen molar-refractivity contribution >= 4 is 38.4 Å². The Morgan fingerprint density at radius 3 is 2.49 bits per heavy atom. The van der Waals surface area contributed by atoms with E-state index in [4.69, 9.17) is 19.2 Å². The number of hydrogen-bond acceptors (Lipinski definition) is 7. The summed E-state index contributed by atoms with van der Waals surface area (Å²) in [7, 11) is 1.62. The lowest BCUT2D eigenvalue weighted by atomic mass is 9.79. The highest BCUT2D eigenvalue weighted by Gasteiger charge is 2.34. The van der Waals surface area contributed by atoms with E-state index in [0.29, 0.717) is 38.0 Å². The van der Waals surface area contributed by atoms with Gasteiger partial charge in [-0.3, -0.25) is 4.79 Å². The van der Waals surface area contributed by atoms with Crippen LogP contribution in [0.5, 0.6) is 11.6 Å². The molecule has 1 aliphatic carbocycles. The second kappa shape index (κ2) is 14.0. The average Bonchev–Trinajstić information content (AvgIpc) is 3.63. The first-order chi connectivity index (χ1) is 23.8. The standard InChI is InChI=1S/C41H43N3O4S/c1-5-47-40(45)41(2,3)23-36-32(21-27-9-8-10-27)33-22-31(48-26-39-43-34-11-6-7-12-37(34)49-39)18-19-35(33)44(36)25-28-13-15-29(16-14-28)30-17-20-38(46-4)42-24-30/h6-7,11-20,22,24,27H,5,8-10,21,23,25-26H2,1-4H3. The third kappa shape index (κ3) is 7.06. The number of aromatic nitrogens is 3. The molecule has 0 aliphatic heterocycles. The molecule has 0 saturated heterocycles. The molecular weight excluding hydrogens is 631 g/mol. The third-order valence-electron chi connectivity index (χ3n) is 9.69. The number of methoxy groups -OCH3 is 1. The molecule has 0 N–H and O–H groups in total. The molecule has 0 radical (unpaired) electrons. The Labute approximate surface area is 291 Å². The Hall–Kier alpha value is -4.69. The van der Waals surface area contributed by atoms with Crippen molar-refractivity contribution in [2.45, 2.75) is 66.0 Å². The molecule has 3 aromatic carbocycles. The molecular formula is C41H43N3O4S. The Morgan fingerprint density at radius 2 is 1.80 bits per heavy atom. The zero-order valence-corrected chi connectivity index (χ0v) is 29.5. The topological polar surface area (TPSA) is 75.5 Å². The minimum absolute atomic E-state index is 0.168. The fourth-order valence-corrected chi connectivity index (χ4v) is 7.62. The van der Waals surface area contributed by atoms with Crippen LogP contribution in [0.3, 0.4) is 0 Å². The molecule has 6 aromatic rings. The number of pyridine rings is 1. The summed E-state index contributed by atoms with van der Waals surface area (Å²) in [5.74, 6) is 1.90. The van der Waals surface area contributed by atoms with Gasteiger partial charge in [0.15, 0.2) is 0 Å². The van der Waals surface area contributed by atoms with Crippen LogP contribution < -0.4 is 9.47 Å². The van der Waals surface area contributed by atoms with Crippen LogP contribution in [0, 0.1) is 11.3 Å². The van der Waals surface area contributed by atoms with Crippen molar-refractivity contribution in [2.24, 2.45) is 11.3 Å². The first kappa shape index (κ1) is 32.8. The number of thiazole rings is 1. The van der Waals surface area contributed by atoms with Gasteiger partial charge < -0.3 is 18.8 Å². The molecule has 0 unspecified atom stereocenters. The molecule has 3 aromatic heterocycles. The van der Waals surface area contributed by atoms with Crippen LogP contribution in [0.1, 0.15) is 61.9 Å². The van der Waals surface area contributed by atoms with Gasteiger partial charge in [-0.15, -0.1) is 11.3 Å². The molecule has 1 fully saturated rings. The van der Waals surface area contributed by atoms with E-state index in [9.17, 15) is 4.79 Å². The van der Waals surface area contributed by atoms with Gasteiger partial charge in [0.1, 0.15) is 17.4 Å². The molecule has 49 heavy (non-hydrogen) atoms. The number of ether oxygens (including phenoxy) is 3.